The van der Waals surface area contributed by atoms with E-state index in [1.165, 1.54) is 13.2 Å². The van der Waals surface area contributed by atoms with Crippen molar-refractivity contribution in [3.63, 3.8) is 0 Å². The van der Waals surface area contributed by atoms with Crippen LogP contribution in [0.2, 0.25) is 0 Å². The first-order valence-electron chi connectivity index (χ1n) is 5.79. The largest absolute Gasteiger partial charge is 0.466 e. The summed E-state index contributed by atoms with van der Waals surface area (Å²) in [5.41, 5.74) is 1.03. The minimum atomic E-state index is -0.315. The van der Waals surface area contributed by atoms with Gasteiger partial charge in [-0.2, -0.15) is 0 Å². The molecular weight excluding hydrogens is 232 g/mol. The molecule has 2 N–H and O–H groups in total. The van der Waals surface area contributed by atoms with Crippen LogP contribution in [0.15, 0.2) is 23.8 Å². The van der Waals surface area contributed by atoms with Crippen molar-refractivity contribution in [1.29, 1.82) is 0 Å². The first-order chi connectivity index (χ1) is 8.47. The number of ether oxygens (including phenoxy) is 1. The molecule has 18 heavy (non-hydrogen) atoms. The molecule has 5 nitrogen and oxygen atoms in total. The molecule has 0 radical (unpaired) electrons. The van der Waals surface area contributed by atoms with Crippen molar-refractivity contribution in [2.24, 2.45) is 0 Å². The Hall–Kier alpha value is -1.62. The van der Waals surface area contributed by atoms with Crippen LogP contribution >= 0.6 is 0 Å². The molecule has 0 aromatic heterocycles. The third kappa shape index (κ3) is 16.8. The van der Waals surface area contributed by atoms with Gasteiger partial charge >= 0.3 is 5.97 Å². The molecule has 0 atom stereocenters. The zero-order valence-corrected chi connectivity index (χ0v) is 11.9. The van der Waals surface area contributed by atoms with Gasteiger partial charge < -0.3 is 15.4 Å². The first-order valence-corrected chi connectivity index (χ1v) is 5.79. The van der Waals surface area contributed by atoms with Crippen LogP contribution in [0.3, 0.4) is 0 Å². The molecule has 5 heteroatoms. The Balaban J connectivity index is 0. The van der Waals surface area contributed by atoms with Gasteiger partial charge in [-0.1, -0.05) is 11.6 Å². The van der Waals surface area contributed by atoms with Crippen molar-refractivity contribution >= 4 is 11.9 Å². The lowest BCUT2D eigenvalue weighted by atomic mass is 10.3. The molecule has 0 aromatic carbocycles. The third-order valence-electron chi connectivity index (χ3n) is 1.55. The zero-order chi connectivity index (χ0) is 14.4. The van der Waals surface area contributed by atoms with E-state index in [-0.39, 0.29) is 11.9 Å². The summed E-state index contributed by atoms with van der Waals surface area (Å²) in [6.07, 6.45) is 4.67. The number of esters is 1. The number of carbonyl (C=O) groups excluding carboxylic acids is 2. The molecule has 104 valence electrons. The number of methoxy groups -OCH3 is 1. The van der Waals surface area contributed by atoms with Crippen molar-refractivity contribution in [2.75, 3.05) is 27.2 Å². The van der Waals surface area contributed by atoms with Crippen molar-refractivity contribution in [3.05, 3.63) is 23.8 Å². The Morgan fingerprint density at radius 2 is 1.89 bits per heavy atom. The molecule has 1 amide bonds. The summed E-state index contributed by atoms with van der Waals surface area (Å²) >= 11 is 0. The first kappa shape index (κ1) is 18.7. The lowest BCUT2D eigenvalue weighted by molar-refractivity contribution is -0.134. The molecule has 0 rings (SSSR count). The molecule has 0 aliphatic carbocycles. The molecule has 0 saturated heterocycles. The number of hydrogen-bond donors (Lipinski definition) is 2. The van der Waals surface area contributed by atoms with E-state index >= 15 is 0 Å². The molecule has 0 saturated carbocycles. The highest BCUT2D eigenvalue weighted by Crippen LogP contribution is 1.86. The SMILES string of the molecule is CCNC(=O)C=C(C)C.CNC/C=C/C(=O)OC. The lowest BCUT2D eigenvalue weighted by Gasteiger charge is -1.94. The van der Waals surface area contributed by atoms with Gasteiger partial charge in [-0.05, 0) is 27.8 Å². The van der Waals surface area contributed by atoms with Gasteiger partial charge in [0.2, 0.25) is 5.91 Å². The van der Waals surface area contributed by atoms with E-state index in [4.69, 9.17) is 0 Å². The van der Waals surface area contributed by atoms with E-state index in [0.29, 0.717) is 13.1 Å². The molecule has 0 aliphatic heterocycles. The summed E-state index contributed by atoms with van der Waals surface area (Å²) in [6.45, 7) is 7.08. The highest BCUT2D eigenvalue weighted by Gasteiger charge is 1.89. The fourth-order valence-corrected chi connectivity index (χ4v) is 0.828. The number of amides is 1. The molecule has 0 aliphatic rings. The van der Waals surface area contributed by atoms with E-state index in [1.54, 1.807) is 12.2 Å². The predicted molar refractivity (Wildman–Crippen MR) is 73.2 cm³/mol. The number of carbonyl (C=O) groups is 2. The molecule has 0 spiro atoms. The maximum Gasteiger partial charge on any atom is 0.330 e. The fraction of sp³-hybridized carbons (Fsp3) is 0.538. The monoisotopic (exact) mass is 256 g/mol. The number of allylic oxidation sites excluding steroid dienone is 1. The number of nitrogens with one attached hydrogen (secondary N) is 2. The van der Waals surface area contributed by atoms with Crippen molar-refractivity contribution < 1.29 is 14.3 Å². The zero-order valence-electron chi connectivity index (χ0n) is 11.9. The summed E-state index contributed by atoms with van der Waals surface area (Å²) in [5, 5.41) is 5.51. The minimum Gasteiger partial charge on any atom is -0.466 e. The number of hydrogen-bond acceptors (Lipinski definition) is 4. The van der Waals surface area contributed by atoms with Gasteiger partial charge in [0.1, 0.15) is 0 Å². The molecule has 0 aromatic rings. The van der Waals surface area contributed by atoms with Crippen LogP contribution in [-0.4, -0.2) is 39.1 Å². The molecule has 0 unspecified atom stereocenters. The second kappa shape index (κ2) is 13.4. The number of likely N-dealkylation sites (N-methyl/N-ethyl adjacent to an activating group) is 2. The van der Waals surface area contributed by atoms with Crippen molar-refractivity contribution in [1.82, 2.24) is 10.6 Å². The van der Waals surface area contributed by atoms with Gasteiger partial charge in [0.05, 0.1) is 7.11 Å². The van der Waals surface area contributed by atoms with Crippen LogP contribution < -0.4 is 10.6 Å². The fourth-order valence-electron chi connectivity index (χ4n) is 0.828. The summed E-state index contributed by atoms with van der Waals surface area (Å²) in [4.78, 5) is 21.0. The highest BCUT2D eigenvalue weighted by molar-refractivity contribution is 5.87. The Bertz CT molecular complexity index is 293. The van der Waals surface area contributed by atoms with Crippen molar-refractivity contribution in [3.8, 4) is 0 Å². The molecule has 0 heterocycles. The standard InChI is InChI=1S/C7H13NO.C6H11NO2/c1-4-8-7(9)5-6(2)3;1-7-5-3-4-6(8)9-2/h5H,4H2,1-3H3,(H,8,9);3-4,7H,5H2,1-2H3/b;4-3+. The van der Waals surface area contributed by atoms with Crippen LogP contribution in [0.25, 0.3) is 0 Å². The number of rotatable bonds is 5. The Morgan fingerprint density at radius 1 is 1.28 bits per heavy atom. The van der Waals surface area contributed by atoms with Gasteiger partial charge in [-0.25, -0.2) is 4.79 Å². The van der Waals surface area contributed by atoms with Crippen molar-refractivity contribution in [2.45, 2.75) is 20.8 Å². The summed E-state index contributed by atoms with van der Waals surface area (Å²) in [6, 6.07) is 0. The van der Waals surface area contributed by atoms with Crippen LogP contribution in [0.5, 0.6) is 0 Å². The Labute approximate surface area is 109 Å². The third-order valence-corrected chi connectivity index (χ3v) is 1.55. The second-order valence-electron chi connectivity index (χ2n) is 3.60. The van der Waals surface area contributed by atoms with Crippen LogP contribution in [-0.2, 0) is 14.3 Å². The van der Waals surface area contributed by atoms with E-state index < -0.39 is 0 Å². The topological polar surface area (TPSA) is 67.4 Å². The smallest absolute Gasteiger partial charge is 0.330 e. The quantitative estimate of drug-likeness (QED) is 0.569. The van der Waals surface area contributed by atoms with Crippen LogP contribution in [0, 0.1) is 0 Å². The summed E-state index contributed by atoms with van der Waals surface area (Å²) in [5.74, 6) is -0.317. The maximum atomic E-state index is 10.7. The van der Waals surface area contributed by atoms with Gasteiger partial charge in [-0.3, -0.25) is 4.79 Å². The van der Waals surface area contributed by atoms with Gasteiger partial charge in [0, 0.05) is 25.2 Å². The molecule has 0 bridgehead atoms. The van der Waals surface area contributed by atoms with E-state index in [0.717, 1.165) is 5.57 Å². The molecule has 0 fully saturated rings. The van der Waals surface area contributed by atoms with Gasteiger partial charge in [0.15, 0.2) is 0 Å². The van der Waals surface area contributed by atoms with E-state index in [1.807, 2.05) is 27.8 Å². The Morgan fingerprint density at radius 3 is 2.28 bits per heavy atom. The second-order valence-corrected chi connectivity index (χ2v) is 3.60. The highest BCUT2D eigenvalue weighted by atomic mass is 16.5. The Kier molecular flexibility index (Phi) is 14.0. The normalized spacial score (nSPS) is 9.17. The molecular formula is C13H24N2O3. The average Bonchev–Trinajstić information content (AvgIpc) is 2.29. The maximum absolute atomic E-state index is 10.7. The summed E-state index contributed by atoms with van der Waals surface area (Å²) < 4.78 is 4.34. The van der Waals surface area contributed by atoms with Crippen LogP contribution in [0.1, 0.15) is 20.8 Å². The van der Waals surface area contributed by atoms with E-state index in [2.05, 4.69) is 15.4 Å². The van der Waals surface area contributed by atoms with E-state index in [9.17, 15) is 9.59 Å². The predicted octanol–water partition coefficient (Wildman–Crippen LogP) is 1.02. The summed E-state index contributed by atoms with van der Waals surface area (Å²) in [7, 11) is 3.16. The minimum absolute atomic E-state index is 0.00231. The average molecular weight is 256 g/mol. The van der Waals surface area contributed by atoms with Crippen LogP contribution in [0.4, 0.5) is 0 Å². The lowest BCUT2D eigenvalue weighted by Crippen LogP contribution is -2.20. The van der Waals surface area contributed by atoms with Gasteiger partial charge in [-0.15, -0.1) is 0 Å². The van der Waals surface area contributed by atoms with Gasteiger partial charge in [0.25, 0.3) is 0 Å².